The SMILES string of the molecule is CCCC[C@H](Nc1ccc(C(=O)NCC)cn1)C(=O)O. The van der Waals surface area contributed by atoms with Crippen LogP contribution < -0.4 is 10.6 Å². The molecule has 1 aromatic rings. The van der Waals surface area contributed by atoms with E-state index in [-0.39, 0.29) is 5.91 Å². The van der Waals surface area contributed by atoms with Crippen LogP contribution in [0.1, 0.15) is 43.5 Å². The Labute approximate surface area is 118 Å². The van der Waals surface area contributed by atoms with Crippen LogP contribution in [0.4, 0.5) is 5.82 Å². The molecule has 0 unspecified atom stereocenters. The number of aliphatic carboxylic acids is 1. The average molecular weight is 279 g/mol. The highest BCUT2D eigenvalue weighted by Gasteiger charge is 2.17. The van der Waals surface area contributed by atoms with Gasteiger partial charge < -0.3 is 15.7 Å². The molecule has 3 N–H and O–H groups in total. The topological polar surface area (TPSA) is 91.3 Å². The van der Waals surface area contributed by atoms with E-state index in [1.165, 1.54) is 6.20 Å². The van der Waals surface area contributed by atoms with Crippen LogP contribution in [0.2, 0.25) is 0 Å². The second-order valence-corrected chi connectivity index (χ2v) is 4.47. The smallest absolute Gasteiger partial charge is 0.326 e. The fourth-order valence-electron chi connectivity index (χ4n) is 1.72. The van der Waals surface area contributed by atoms with Gasteiger partial charge in [-0.1, -0.05) is 19.8 Å². The van der Waals surface area contributed by atoms with E-state index in [0.717, 1.165) is 12.8 Å². The number of nitrogens with zero attached hydrogens (tertiary/aromatic N) is 1. The van der Waals surface area contributed by atoms with Gasteiger partial charge in [0.1, 0.15) is 11.9 Å². The highest BCUT2D eigenvalue weighted by molar-refractivity contribution is 5.94. The first-order valence-corrected chi connectivity index (χ1v) is 6.82. The second-order valence-electron chi connectivity index (χ2n) is 4.47. The Hall–Kier alpha value is -2.11. The predicted octanol–water partition coefficient (Wildman–Crippen LogP) is 1.89. The Kier molecular flexibility index (Phi) is 6.49. The van der Waals surface area contributed by atoms with Gasteiger partial charge >= 0.3 is 5.97 Å². The van der Waals surface area contributed by atoms with Crippen LogP contribution in [0.15, 0.2) is 18.3 Å². The zero-order valence-corrected chi connectivity index (χ0v) is 11.8. The summed E-state index contributed by atoms with van der Waals surface area (Å²) in [6, 6.07) is 2.59. The number of nitrogens with one attached hydrogen (secondary N) is 2. The summed E-state index contributed by atoms with van der Waals surface area (Å²) in [5.41, 5.74) is 0.456. The van der Waals surface area contributed by atoms with Crippen molar-refractivity contribution in [3.8, 4) is 0 Å². The lowest BCUT2D eigenvalue weighted by atomic mass is 10.1. The third-order valence-corrected chi connectivity index (χ3v) is 2.83. The van der Waals surface area contributed by atoms with Gasteiger partial charge in [-0.15, -0.1) is 0 Å². The summed E-state index contributed by atoms with van der Waals surface area (Å²) < 4.78 is 0. The van der Waals surface area contributed by atoms with Gasteiger partial charge in [0.25, 0.3) is 5.91 Å². The molecule has 0 radical (unpaired) electrons. The van der Waals surface area contributed by atoms with Gasteiger partial charge in [-0.05, 0) is 25.5 Å². The molecule has 110 valence electrons. The third-order valence-electron chi connectivity index (χ3n) is 2.83. The van der Waals surface area contributed by atoms with Crippen molar-refractivity contribution in [2.24, 2.45) is 0 Å². The third kappa shape index (κ3) is 4.87. The van der Waals surface area contributed by atoms with Crippen LogP contribution >= 0.6 is 0 Å². The molecule has 0 aromatic carbocycles. The van der Waals surface area contributed by atoms with Crippen LogP contribution in [0.3, 0.4) is 0 Å². The Morgan fingerprint density at radius 1 is 1.35 bits per heavy atom. The number of carbonyl (C=O) groups excluding carboxylic acids is 1. The molecule has 0 fully saturated rings. The van der Waals surface area contributed by atoms with Crippen LogP contribution in [-0.2, 0) is 4.79 Å². The lowest BCUT2D eigenvalue weighted by molar-refractivity contribution is -0.138. The largest absolute Gasteiger partial charge is 0.480 e. The number of carboxylic acids is 1. The Bertz CT molecular complexity index is 445. The van der Waals surface area contributed by atoms with E-state index in [4.69, 9.17) is 5.11 Å². The Morgan fingerprint density at radius 2 is 2.10 bits per heavy atom. The van der Waals surface area contributed by atoms with E-state index in [9.17, 15) is 9.59 Å². The van der Waals surface area contributed by atoms with Crippen molar-refractivity contribution >= 4 is 17.7 Å². The standard InChI is InChI=1S/C14H21N3O3/c1-3-5-6-11(14(19)20)17-12-8-7-10(9-16-12)13(18)15-4-2/h7-9,11H,3-6H2,1-2H3,(H,15,18)(H,16,17)(H,19,20)/t11-/m0/s1. The van der Waals surface area contributed by atoms with Gasteiger partial charge in [-0.2, -0.15) is 0 Å². The summed E-state index contributed by atoms with van der Waals surface area (Å²) in [6.45, 7) is 4.40. The van der Waals surface area contributed by atoms with E-state index < -0.39 is 12.0 Å². The minimum absolute atomic E-state index is 0.188. The molecule has 0 aliphatic heterocycles. The molecule has 0 aliphatic rings. The Morgan fingerprint density at radius 3 is 2.60 bits per heavy atom. The molecule has 0 saturated carbocycles. The van der Waals surface area contributed by atoms with Gasteiger partial charge in [-0.3, -0.25) is 4.79 Å². The van der Waals surface area contributed by atoms with E-state index >= 15 is 0 Å². The van der Waals surface area contributed by atoms with Crippen LogP contribution in [0, 0.1) is 0 Å². The molecule has 0 aliphatic carbocycles. The summed E-state index contributed by atoms with van der Waals surface area (Å²) in [6.07, 6.45) is 3.76. The molecule has 1 rings (SSSR count). The van der Waals surface area contributed by atoms with E-state index in [0.29, 0.717) is 24.3 Å². The first-order valence-electron chi connectivity index (χ1n) is 6.82. The van der Waals surface area contributed by atoms with Gasteiger partial charge in [0, 0.05) is 12.7 Å². The fraction of sp³-hybridized carbons (Fsp3) is 0.500. The number of hydrogen-bond donors (Lipinski definition) is 3. The highest BCUT2D eigenvalue weighted by atomic mass is 16.4. The number of unbranched alkanes of at least 4 members (excludes halogenated alkanes) is 1. The quantitative estimate of drug-likeness (QED) is 0.676. The monoisotopic (exact) mass is 279 g/mol. The van der Waals surface area contributed by atoms with Crippen molar-refractivity contribution in [2.45, 2.75) is 39.2 Å². The summed E-state index contributed by atoms with van der Waals surface area (Å²) >= 11 is 0. The molecule has 1 atom stereocenters. The maximum absolute atomic E-state index is 11.6. The highest BCUT2D eigenvalue weighted by Crippen LogP contribution is 2.10. The number of carboxylic acid groups (broad SMARTS) is 1. The van der Waals surface area contributed by atoms with Gasteiger partial charge in [-0.25, -0.2) is 9.78 Å². The molecule has 1 aromatic heterocycles. The number of pyridine rings is 1. The number of anilines is 1. The Balaban J connectivity index is 2.67. The number of rotatable bonds is 8. The lowest BCUT2D eigenvalue weighted by Crippen LogP contribution is -2.29. The van der Waals surface area contributed by atoms with Crippen molar-refractivity contribution in [1.29, 1.82) is 0 Å². The molecule has 6 nitrogen and oxygen atoms in total. The molecule has 0 saturated heterocycles. The maximum atomic E-state index is 11.6. The number of carbonyl (C=O) groups is 2. The summed E-state index contributed by atoms with van der Waals surface area (Å²) in [5.74, 6) is -0.623. The average Bonchev–Trinajstić information content (AvgIpc) is 2.44. The van der Waals surface area contributed by atoms with Gasteiger partial charge in [0.05, 0.1) is 5.56 Å². The zero-order chi connectivity index (χ0) is 15.0. The maximum Gasteiger partial charge on any atom is 0.326 e. The van der Waals surface area contributed by atoms with Crippen molar-refractivity contribution in [3.63, 3.8) is 0 Å². The molecule has 0 spiro atoms. The molecular formula is C14H21N3O3. The fourth-order valence-corrected chi connectivity index (χ4v) is 1.72. The second kappa shape index (κ2) is 8.14. The van der Waals surface area contributed by atoms with Crippen molar-refractivity contribution < 1.29 is 14.7 Å². The molecule has 6 heteroatoms. The van der Waals surface area contributed by atoms with Crippen LogP contribution in [-0.4, -0.2) is 34.6 Å². The van der Waals surface area contributed by atoms with E-state index in [1.807, 2.05) is 13.8 Å². The zero-order valence-electron chi connectivity index (χ0n) is 11.8. The molecule has 1 amide bonds. The van der Waals surface area contributed by atoms with E-state index in [1.54, 1.807) is 12.1 Å². The number of amides is 1. The van der Waals surface area contributed by atoms with Crippen molar-refractivity contribution in [3.05, 3.63) is 23.9 Å². The van der Waals surface area contributed by atoms with Gasteiger partial charge in [0.2, 0.25) is 0 Å². The first kappa shape index (κ1) is 15.9. The number of hydrogen-bond acceptors (Lipinski definition) is 4. The number of aromatic nitrogens is 1. The molecular weight excluding hydrogens is 258 g/mol. The molecule has 0 bridgehead atoms. The minimum Gasteiger partial charge on any atom is -0.480 e. The normalized spacial score (nSPS) is 11.7. The minimum atomic E-state index is -0.895. The van der Waals surface area contributed by atoms with Crippen LogP contribution in [0.25, 0.3) is 0 Å². The van der Waals surface area contributed by atoms with Crippen molar-refractivity contribution in [1.82, 2.24) is 10.3 Å². The summed E-state index contributed by atoms with van der Waals surface area (Å²) in [5, 5.41) is 14.7. The predicted molar refractivity (Wildman–Crippen MR) is 76.8 cm³/mol. The molecule has 1 heterocycles. The van der Waals surface area contributed by atoms with Gasteiger partial charge in [0.15, 0.2) is 0 Å². The first-order chi connectivity index (χ1) is 9.58. The molecule has 20 heavy (non-hydrogen) atoms. The van der Waals surface area contributed by atoms with Crippen LogP contribution in [0.5, 0.6) is 0 Å². The van der Waals surface area contributed by atoms with E-state index in [2.05, 4.69) is 15.6 Å². The van der Waals surface area contributed by atoms with Crippen molar-refractivity contribution in [2.75, 3.05) is 11.9 Å². The summed E-state index contributed by atoms with van der Waals surface area (Å²) in [4.78, 5) is 26.8. The summed E-state index contributed by atoms with van der Waals surface area (Å²) in [7, 11) is 0. The lowest BCUT2D eigenvalue weighted by Gasteiger charge is -2.14.